The highest BCUT2D eigenvalue weighted by atomic mass is 16.5. The van der Waals surface area contributed by atoms with Crippen LogP contribution in [-0.4, -0.2) is 50.0 Å². The van der Waals surface area contributed by atoms with E-state index < -0.39 is 5.97 Å². The normalized spacial score (nSPS) is 17.8. The van der Waals surface area contributed by atoms with Crippen molar-refractivity contribution in [2.24, 2.45) is 0 Å². The highest BCUT2D eigenvalue weighted by Crippen LogP contribution is 2.33. The molecule has 4 heterocycles. The predicted octanol–water partition coefficient (Wildman–Crippen LogP) is 5.11. The predicted molar refractivity (Wildman–Crippen MR) is 147 cm³/mol. The van der Waals surface area contributed by atoms with Gasteiger partial charge >= 0.3 is 5.97 Å². The number of hydrogen-bond acceptors (Lipinski definition) is 5. The number of carboxylic acids is 1. The molecule has 39 heavy (non-hydrogen) atoms. The fourth-order valence-electron chi connectivity index (χ4n) is 5.73. The zero-order chi connectivity index (χ0) is 26.9. The Balaban J connectivity index is 1.40. The van der Waals surface area contributed by atoms with Gasteiger partial charge in [0, 0.05) is 31.1 Å². The lowest BCUT2D eigenvalue weighted by atomic mass is 9.85. The molecular formula is C31H32N4O4. The number of hydrogen-bond donors (Lipinski definition) is 1. The Bertz CT molecular complexity index is 1560. The smallest absolute Gasteiger partial charge is 0.304 e. The minimum absolute atomic E-state index is 0.0169. The number of carbonyl (C=O) groups is 2. The molecule has 8 heteroatoms. The molecule has 3 aliphatic rings. The van der Waals surface area contributed by atoms with Gasteiger partial charge < -0.3 is 14.7 Å². The van der Waals surface area contributed by atoms with Gasteiger partial charge in [-0.15, -0.1) is 5.10 Å². The van der Waals surface area contributed by atoms with Gasteiger partial charge in [0.1, 0.15) is 11.3 Å². The summed E-state index contributed by atoms with van der Waals surface area (Å²) in [6, 6.07) is 17.8. The molecule has 9 bridgehead atoms. The number of ether oxygens (including phenoxy) is 1. The zero-order valence-corrected chi connectivity index (χ0v) is 22.1. The van der Waals surface area contributed by atoms with E-state index in [4.69, 9.17) is 4.74 Å². The second-order valence-corrected chi connectivity index (χ2v) is 10.6. The summed E-state index contributed by atoms with van der Waals surface area (Å²) in [6.07, 6.45) is 3.54. The van der Waals surface area contributed by atoms with E-state index in [-0.39, 0.29) is 18.2 Å². The van der Waals surface area contributed by atoms with Crippen LogP contribution in [0.15, 0.2) is 54.6 Å². The molecule has 0 radical (unpaired) electrons. The van der Waals surface area contributed by atoms with Crippen molar-refractivity contribution in [1.82, 2.24) is 19.9 Å². The highest BCUT2D eigenvalue weighted by Gasteiger charge is 2.25. The molecular weight excluding hydrogens is 492 g/mol. The fraction of sp³-hybridized carbons (Fsp3) is 0.355. The van der Waals surface area contributed by atoms with Gasteiger partial charge in [0.15, 0.2) is 0 Å². The van der Waals surface area contributed by atoms with E-state index in [1.165, 1.54) is 5.56 Å². The van der Waals surface area contributed by atoms with Gasteiger partial charge in [-0.05, 0) is 84.7 Å². The molecule has 1 atom stereocenters. The van der Waals surface area contributed by atoms with Gasteiger partial charge in [0.2, 0.25) is 0 Å². The molecule has 0 fully saturated rings. The molecule has 200 valence electrons. The number of aliphatic carboxylic acids is 1. The molecule has 1 unspecified atom stereocenters. The number of benzene rings is 3. The Morgan fingerprint density at radius 2 is 1.85 bits per heavy atom. The van der Waals surface area contributed by atoms with E-state index in [1.54, 1.807) is 0 Å². The molecule has 0 spiro atoms. The van der Waals surface area contributed by atoms with E-state index in [0.717, 1.165) is 71.3 Å². The SMILES string of the molecule is Cc1ccc2cc1OCCCCCn1nnc3cc(ccc31)C(CC(=O)O)c1ccc3c(c1)CN(CC3)C2=O. The second-order valence-electron chi connectivity index (χ2n) is 10.6. The lowest BCUT2D eigenvalue weighted by Crippen LogP contribution is -2.36. The number of aromatic nitrogens is 3. The van der Waals surface area contributed by atoms with Crippen molar-refractivity contribution in [3.05, 3.63) is 88.0 Å². The van der Waals surface area contributed by atoms with E-state index in [0.29, 0.717) is 25.3 Å². The van der Waals surface area contributed by atoms with Gasteiger partial charge in [-0.1, -0.05) is 35.5 Å². The molecule has 3 aliphatic heterocycles. The average Bonchev–Trinajstić information content (AvgIpc) is 3.35. The minimum Gasteiger partial charge on any atom is -0.493 e. The van der Waals surface area contributed by atoms with Crippen molar-refractivity contribution >= 4 is 22.9 Å². The first-order valence-corrected chi connectivity index (χ1v) is 13.7. The van der Waals surface area contributed by atoms with Crippen LogP contribution in [-0.2, 0) is 24.3 Å². The van der Waals surface area contributed by atoms with Crippen molar-refractivity contribution in [2.75, 3.05) is 13.2 Å². The number of nitrogens with zero attached hydrogens (tertiary/aromatic N) is 4. The van der Waals surface area contributed by atoms with Gasteiger partial charge in [0.05, 0.1) is 18.5 Å². The van der Waals surface area contributed by atoms with E-state index in [2.05, 4.69) is 22.4 Å². The van der Waals surface area contributed by atoms with Crippen LogP contribution in [0.25, 0.3) is 11.0 Å². The first-order chi connectivity index (χ1) is 19.0. The Morgan fingerprint density at radius 3 is 2.72 bits per heavy atom. The molecule has 1 N–H and O–H groups in total. The zero-order valence-electron chi connectivity index (χ0n) is 22.1. The maximum atomic E-state index is 13.5. The molecule has 0 saturated heterocycles. The number of rotatable bonds is 2. The molecule has 1 amide bonds. The number of aryl methyl sites for hydroxylation is 2. The van der Waals surface area contributed by atoms with Crippen molar-refractivity contribution in [3.8, 4) is 5.75 Å². The van der Waals surface area contributed by atoms with Crippen LogP contribution in [0.3, 0.4) is 0 Å². The Kier molecular flexibility index (Phi) is 6.77. The van der Waals surface area contributed by atoms with Crippen molar-refractivity contribution in [1.29, 1.82) is 0 Å². The van der Waals surface area contributed by atoms with Crippen LogP contribution in [0.1, 0.15) is 69.8 Å². The van der Waals surface area contributed by atoms with E-state index in [9.17, 15) is 14.7 Å². The maximum absolute atomic E-state index is 13.5. The lowest BCUT2D eigenvalue weighted by Gasteiger charge is -2.30. The largest absolute Gasteiger partial charge is 0.493 e. The topological polar surface area (TPSA) is 97.5 Å². The standard InChI is InChI=1S/C31H32N4O4/c1-20-5-6-24-17-29(20)39-14-4-2-3-12-35-28-10-9-23(16-27(28)32-33-35)26(18-30(36)37)22-8-7-21-11-13-34(31(24)38)19-25(21)15-22/h5-10,15-17,26H,2-4,11-14,18-19H2,1H3,(H,36,37). The van der Waals surface area contributed by atoms with Gasteiger partial charge in [-0.2, -0.15) is 0 Å². The summed E-state index contributed by atoms with van der Waals surface area (Å²) in [4.78, 5) is 27.3. The Morgan fingerprint density at radius 1 is 1.00 bits per heavy atom. The van der Waals surface area contributed by atoms with Crippen LogP contribution in [0.4, 0.5) is 0 Å². The first kappa shape index (κ1) is 25.1. The molecule has 0 aliphatic carbocycles. The fourth-order valence-corrected chi connectivity index (χ4v) is 5.73. The number of carboxylic acid groups (broad SMARTS) is 1. The summed E-state index contributed by atoms with van der Waals surface area (Å²) in [6.45, 7) is 4.46. The van der Waals surface area contributed by atoms with Crippen LogP contribution in [0.2, 0.25) is 0 Å². The average molecular weight is 525 g/mol. The molecule has 4 aromatic rings. The third-order valence-corrected chi connectivity index (χ3v) is 7.96. The lowest BCUT2D eigenvalue weighted by molar-refractivity contribution is -0.137. The quantitative estimate of drug-likeness (QED) is 0.392. The molecule has 0 saturated carbocycles. The Hall–Kier alpha value is -4.20. The number of amides is 1. The van der Waals surface area contributed by atoms with Crippen molar-refractivity contribution < 1.29 is 19.4 Å². The summed E-state index contributed by atoms with van der Waals surface area (Å²) in [5.41, 5.74) is 7.43. The summed E-state index contributed by atoms with van der Waals surface area (Å²) >= 11 is 0. The Labute approximate surface area is 227 Å². The van der Waals surface area contributed by atoms with Crippen LogP contribution >= 0.6 is 0 Å². The van der Waals surface area contributed by atoms with Gasteiger partial charge in [-0.25, -0.2) is 4.68 Å². The minimum atomic E-state index is -0.860. The first-order valence-electron chi connectivity index (χ1n) is 13.7. The van der Waals surface area contributed by atoms with Crippen LogP contribution in [0.5, 0.6) is 5.75 Å². The molecule has 1 aromatic heterocycles. The van der Waals surface area contributed by atoms with Crippen LogP contribution < -0.4 is 4.74 Å². The number of carbonyl (C=O) groups excluding carboxylic acids is 1. The van der Waals surface area contributed by atoms with E-state index >= 15 is 0 Å². The monoisotopic (exact) mass is 524 g/mol. The second kappa shape index (κ2) is 10.5. The molecule has 7 rings (SSSR count). The summed E-state index contributed by atoms with van der Waals surface area (Å²) in [5, 5.41) is 18.5. The van der Waals surface area contributed by atoms with E-state index in [1.807, 2.05) is 59.0 Å². The third kappa shape index (κ3) is 5.11. The summed E-state index contributed by atoms with van der Waals surface area (Å²) in [5.74, 6) is -0.460. The van der Waals surface area contributed by atoms with Crippen molar-refractivity contribution in [3.63, 3.8) is 0 Å². The highest BCUT2D eigenvalue weighted by molar-refractivity contribution is 5.95. The number of fused-ring (bicyclic) bond motifs is 6. The van der Waals surface area contributed by atoms with Crippen molar-refractivity contribution in [2.45, 2.75) is 58.0 Å². The summed E-state index contributed by atoms with van der Waals surface area (Å²) in [7, 11) is 0. The molecule has 8 nitrogen and oxygen atoms in total. The maximum Gasteiger partial charge on any atom is 0.304 e. The van der Waals surface area contributed by atoms with Crippen LogP contribution in [0, 0.1) is 6.92 Å². The van der Waals surface area contributed by atoms with Gasteiger partial charge in [-0.3, -0.25) is 9.59 Å². The van der Waals surface area contributed by atoms with Gasteiger partial charge in [0.25, 0.3) is 5.91 Å². The summed E-state index contributed by atoms with van der Waals surface area (Å²) < 4.78 is 8.01. The molecule has 3 aromatic carbocycles. The third-order valence-electron chi connectivity index (χ3n) is 7.96.